The smallest absolute Gasteiger partial charge is 0.304 e. The second-order valence-electron chi connectivity index (χ2n) is 6.74. The predicted molar refractivity (Wildman–Crippen MR) is 121 cm³/mol. The molecule has 3 aromatic rings. The molecule has 0 bridgehead atoms. The van der Waals surface area contributed by atoms with Crippen molar-refractivity contribution >= 4 is 51.8 Å². The molecule has 2 aromatic heterocycles. The predicted octanol–water partition coefficient (Wildman–Crippen LogP) is 2.97. The van der Waals surface area contributed by atoms with Crippen LogP contribution in [0, 0.1) is 0 Å². The average molecular weight is 458 g/mol. The van der Waals surface area contributed by atoms with Gasteiger partial charge in [-0.1, -0.05) is 12.1 Å². The van der Waals surface area contributed by atoms with Crippen LogP contribution < -0.4 is 10.5 Å². The summed E-state index contributed by atoms with van der Waals surface area (Å²) < 4.78 is 14.6. The molecular formula is C19H25Cl2N5O2S. The molecular weight excluding hydrogens is 433 g/mol. The molecule has 0 amide bonds. The van der Waals surface area contributed by atoms with Crippen molar-refractivity contribution in [1.82, 2.24) is 18.8 Å². The average Bonchev–Trinajstić information content (AvgIpc) is 2.97. The van der Waals surface area contributed by atoms with Crippen LogP contribution in [0.5, 0.6) is 0 Å². The van der Waals surface area contributed by atoms with Crippen molar-refractivity contribution in [3.05, 3.63) is 53.1 Å². The first-order chi connectivity index (χ1) is 13.2. The first kappa shape index (κ1) is 23.6. The Morgan fingerprint density at radius 2 is 1.59 bits per heavy atom. The number of benzene rings is 1. The molecule has 0 radical (unpaired) electrons. The number of hydrogen-bond donors (Lipinski definition) is 0. The number of fused-ring (bicyclic) bond motifs is 1. The molecule has 158 valence electrons. The Morgan fingerprint density at radius 1 is 0.931 bits per heavy atom. The van der Waals surface area contributed by atoms with Crippen molar-refractivity contribution in [2.24, 2.45) is 0 Å². The molecule has 10 heteroatoms. The lowest BCUT2D eigenvalue weighted by molar-refractivity contribution is 0.250. The van der Waals surface area contributed by atoms with Crippen LogP contribution in [-0.4, -0.2) is 56.1 Å². The number of nitrogens with zero attached hydrogens (tertiary/aromatic N) is 5. The van der Waals surface area contributed by atoms with E-state index in [0.717, 1.165) is 51.5 Å². The lowest BCUT2D eigenvalue weighted by Crippen LogP contribution is -2.47. The van der Waals surface area contributed by atoms with E-state index >= 15 is 0 Å². The fourth-order valence-electron chi connectivity index (χ4n) is 3.53. The van der Waals surface area contributed by atoms with Gasteiger partial charge in [0.15, 0.2) is 0 Å². The van der Waals surface area contributed by atoms with Gasteiger partial charge in [0.1, 0.15) is 5.39 Å². The molecule has 29 heavy (non-hydrogen) atoms. The van der Waals surface area contributed by atoms with Gasteiger partial charge in [0.25, 0.3) is 0 Å². The van der Waals surface area contributed by atoms with Crippen molar-refractivity contribution < 1.29 is 4.55 Å². The molecule has 0 N–H and O–H groups in total. The highest BCUT2D eigenvalue weighted by atomic mass is 35.5. The summed E-state index contributed by atoms with van der Waals surface area (Å²) in [6, 6.07) is 9.01. The highest BCUT2D eigenvalue weighted by Gasteiger charge is 2.19. The highest BCUT2D eigenvalue weighted by molar-refractivity contribution is 7.26. The minimum Gasteiger partial charge on any atom is -0.570 e. The Hall–Kier alpha value is -1.71. The normalized spacial score (nSPS) is 15.1. The van der Waals surface area contributed by atoms with Crippen LogP contribution in [0.15, 0.2) is 47.5 Å². The molecule has 1 aliphatic heterocycles. The van der Waals surface area contributed by atoms with Gasteiger partial charge >= 0.3 is 5.56 Å². The van der Waals surface area contributed by atoms with Crippen LogP contribution in [0.3, 0.4) is 0 Å². The Labute approximate surface area is 185 Å². The molecule has 1 saturated heterocycles. The number of anilines is 1. The van der Waals surface area contributed by atoms with Crippen molar-refractivity contribution in [2.75, 3.05) is 37.6 Å². The van der Waals surface area contributed by atoms with E-state index < -0.39 is 10.9 Å². The van der Waals surface area contributed by atoms with Gasteiger partial charge in [0.05, 0.1) is 6.54 Å². The van der Waals surface area contributed by atoms with Gasteiger partial charge in [-0.15, -0.1) is 28.8 Å². The van der Waals surface area contributed by atoms with E-state index in [4.69, 9.17) is 0 Å². The summed E-state index contributed by atoms with van der Waals surface area (Å²) >= 11 is 0. The second kappa shape index (κ2) is 10.9. The summed E-state index contributed by atoms with van der Waals surface area (Å²) in [5.74, 6) is 0.798. The number of hydrogen-bond acceptors (Lipinski definition) is 6. The zero-order valence-electron chi connectivity index (χ0n) is 16.0. The molecule has 0 spiro atoms. The summed E-state index contributed by atoms with van der Waals surface area (Å²) in [6.07, 6.45) is 5.39. The molecule has 7 nitrogen and oxygen atoms in total. The monoisotopic (exact) mass is 457 g/mol. The summed E-state index contributed by atoms with van der Waals surface area (Å²) in [4.78, 5) is 25.6. The van der Waals surface area contributed by atoms with Crippen molar-refractivity contribution in [1.29, 1.82) is 0 Å². The maximum absolute atomic E-state index is 12.5. The number of piperazine rings is 1. The zero-order valence-corrected chi connectivity index (χ0v) is 18.4. The summed E-state index contributed by atoms with van der Waals surface area (Å²) in [5, 5.41) is 0.579. The second-order valence-corrected chi connectivity index (χ2v) is 8.12. The molecule has 3 heterocycles. The fourth-order valence-corrected chi connectivity index (χ4v) is 4.85. The third-order valence-electron chi connectivity index (χ3n) is 5.03. The maximum Gasteiger partial charge on any atom is 0.304 e. The van der Waals surface area contributed by atoms with Gasteiger partial charge in [-0.2, -0.15) is 0 Å². The van der Waals surface area contributed by atoms with Crippen LogP contribution >= 0.6 is 35.8 Å². The standard InChI is InChI=1S/C19H23N5O2S.2ClH/c25-18-16-6-1-2-7-17(16)27(26)24(18)11-4-3-10-22-12-14-23(15-13-22)19-20-8-5-9-21-19;;/h1-2,5-9H,3-4,10-15H2;2*1H. The number of rotatable bonds is 6. The van der Waals surface area contributed by atoms with Crippen LogP contribution in [0.1, 0.15) is 12.8 Å². The molecule has 4 rings (SSSR count). The third kappa shape index (κ3) is 5.26. The SMILES string of the molecule is Cl.Cl.O=c1c2ccccc2[s+]([O-])n1CCCCN1CCN(c2ncccn2)CC1. The van der Waals surface area contributed by atoms with Crippen LogP contribution in [0.25, 0.3) is 10.1 Å². The van der Waals surface area contributed by atoms with E-state index in [-0.39, 0.29) is 30.4 Å². The molecule has 1 fully saturated rings. The summed E-state index contributed by atoms with van der Waals surface area (Å²) in [6.45, 7) is 5.35. The zero-order chi connectivity index (χ0) is 18.6. The van der Waals surface area contributed by atoms with Crippen molar-refractivity contribution in [2.45, 2.75) is 19.4 Å². The quantitative estimate of drug-likeness (QED) is 0.418. The van der Waals surface area contributed by atoms with E-state index in [9.17, 15) is 9.35 Å². The van der Waals surface area contributed by atoms with E-state index in [1.165, 1.54) is 3.96 Å². The van der Waals surface area contributed by atoms with E-state index in [2.05, 4.69) is 19.8 Å². The molecule has 1 unspecified atom stereocenters. The van der Waals surface area contributed by atoms with Crippen LogP contribution in [0.4, 0.5) is 5.95 Å². The Morgan fingerprint density at radius 3 is 2.28 bits per heavy atom. The minimum absolute atomic E-state index is 0. The van der Waals surface area contributed by atoms with E-state index in [1.54, 1.807) is 24.5 Å². The first-order valence-electron chi connectivity index (χ1n) is 9.31. The van der Waals surface area contributed by atoms with Gasteiger partial charge in [-0.25, -0.2) is 9.97 Å². The molecule has 1 atom stereocenters. The van der Waals surface area contributed by atoms with Gasteiger partial charge < -0.3 is 9.45 Å². The van der Waals surface area contributed by atoms with Crippen LogP contribution in [-0.2, 0) is 6.54 Å². The summed E-state index contributed by atoms with van der Waals surface area (Å²) in [5.41, 5.74) is -0.111. The van der Waals surface area contributed by atoms with E-state index in [0.29, 0.717) is 16.6 Å². The van der Waals surface area contributed by atoms with Crippen LogP contribution in [0.2, 0.25) is 0 Å². The Balaban J connectivity index is 0.00000150. The first-order valence-corrected chi connectivity index (χ1v) is 10.4. The molecule has 1 aliphatic rings. The lowest BCUT2D eigenvalue weighted by atomic mass is 10.2. The third-order valence-corrected chi connectivity index (χ3v) is 6.51. The van der Waals surface area contributed by atoms with Gasteiger partial charge in [-0.05, 0) is 31.5 Å². The van der Waals surface area contributed by atoms with Gasteiger partial charge in [0, 0.05) is 55.6 Å². The topological polar surface area (TPSA) is 77.3 Å². The van der Waals surface area contributed by atoms with Gasteiger partial charge in [0.2, 0.25) is 10.6 Å². The largest absolute Gasteiger partial charge is 0.570 e. The highest BCUT2D eigenvalue weighted by Crippen LogP contribution is 2.24. The maximum atomic E-state index is 12.5. The fraction of sp³-hybridized carbons (Fsp3) is 0.421. The lowest BCUT2D eigenvalue weighted by Gasteiger charge is -2.34. The molecule has 0 saturated carbocycles. The number of halogens is 2. The van der Waals surface area contributed by atoms with Crippen molar-refractivity contribution in [3.8, 4) is 0 Å². The summed E-state index contributed by atoms with van der Waals surface area (Å²) in [7, 11) is -1.35. The van der Waals surface area contributed by atoms with Gasteiger partial charge in [-0.3, -0.25) is 9.69 Å². The number of unbranched alkanes of at least 4 members (excludes halogenated alkanes) is 1. The Kier molecular flexibility index (Phi) is 8.85. The minimum atomic E-state index is -1.35. The molecule has 0 aliphatic carbocycles. The molecule has 1 aromatic carbocycles. The van der Waals surface area contributed by atoms with E-state index in [1.807, 2.05) is 18.2 Å². The number of aromatic nitrogens is 3. The Bertz CT molecular complexity index is 958. The van der Waals surface area contributed by atoms with Crippen molar-refractivity contribution in [3.63, 3.8) is 0 Å².